The molecule has 0 spiro atoms. The normalized spacial score (nSPS) is 11.1. The molecule has 0 bridgehead atoms. The topological polar surface area (TPSA) is 61.6 Å². The molecule has 3 rings (SSSR count). The Balaban J connectivity index is 1.83. The second kappa shape index (κ2) is 7.99. The molecule has 28 heavy (non-hydrogen) atoms. The highest BCUT2D eigenvalue weighted by Crippen LogP contribution is 2.36. The number of ether oxygens (including phenoxy) is 2. The molecule has 3 aromatic rings. The van der Waals surface area contributed by atoms with Crippen LogP contribution in [0.2, 0.25) is 0 Å². The van der Waals surface area contributed by atoms with Crippen LogP contribution in [0.1, 0.15) is 11.1 Å². The third kappa shape index (κ3) is 4.79. The number of benzene rings is 3. The summed E-state index contributed by atoms with van der Waals surface area (Å²) in [6, 6.07) is 17.2. The van der Waals surface area contributed by atoms with Gasteiger partial charge in [0.05, 0.1) is 10.5 Å². The highest BCUT2D eigenvalue weighted by Gasteiger charge is 2.30. The van der Waals surface area contributed by atoms with Crippen LogP contribution in [0.15, 0.2) is 72.8 Å². The van der Waals surface area contributed by atoms with Crippen molar-refractivity contribution in [3.05, 3.63) is 94.0 Å². The van der Waals surface area contributed by atoms with Crippen molar-refractivity contribution in [2.75, 3.05) is 0 Å². The van der Waals surface area contributed by atoms with Gasteiger partial charge in [-0.25, -0.2) is 0 Å². The zero-order valence-electron chi connectivity index (χ0n) is 14.3. The molecule has 0 atom stereocenters. The molecule has 0 unspecified atom stereocenters. The Morgan fingerprint density at radius 2 is 1.61 bits per heavy atom. The summed E-state index contributed by atoms with van der Waals surface area (Å²) in [5.74, 6) is 0.0315. The quantitative estimate of drug-likeness (QED) is 0.384. The van der Waals surface area contributed by atoms with Gasteiger partial charge in [-0.2, -0.15) is 13.2 Å². The van der Waals surface area contributed by atoms with E-state index in [1.54, 1.807) is 24.3 Å². The first-order valence-corrected chi connectivity index (χ1v) is 8.13. The van der Waals surface area contributed by atoms with Crippen molar-refractivity contribution < 1.29 is 27.6 Å². The average molecular weight is 389 g/mol. The van der Waals surface area contributed by atoms with E-state index in [-0.39, 0.29) is 29.5 Å². The van der Waals surface area contributed by atoms with Gasteiger partial charge in [0.2, 0.25) is 5.75 Å². The van der Waals surface area contributed by atoms with Crippen molar-refractivity contribution in [3.8, 4) is 17.2 Å². The molecule has 0 radical (unpaired) electrons. The van der Waals surface area contributed by atoms with Crippen LogP contribution in [-0.4, -0.2) is 4.92 Å². The van der Waals surface area contributed by atoms with Gasteiger partial charge in [-0.3, -0.25) is 10.1 Å². The largest absolute Gasteiger partial charge is 0.482 e. The number of rotatable bonds is 6. The number of alkyl halides is 3. The van der Waals surface area contributed by atoms with E-state index in [4.69, 9.17) is 9.47 Å². The summed E-state index contributed by atoms with van der Waals surface area (Å²) in [6.07, 6.45) is -4.50. The molecule has 144 valence electrons. The van der Waals surface area contributed by atoms with E-state index in [9.17, 15) is 23.3 Å². The lowest BCUT2D eigenvalue weighted by Crippen LogP contribution is -2.04. The summed E-state index contributed by atoms with van der Waals surface area (Å²) in [5, 5.41) is 11.2. The monoisotopic (exact) mass is 389 g/mol. The molecular formula is C20H14F3NO4. The summed E-state index contributed by atoms with van der Waals surface area (Å²) >= 11 is 0. The van der Waals surface area contributed by atoms with Crippen LogP contribution in [0.4, 0.5) is 18.9 Å². The molecule has 0 heterocycles. The smallest absolute Gasteiger partial charge is 0.416 e. The van der Waals surface area contributed by atoms with Gasteiger partial charge in [0.1, 0.15) is 18.1 Å². The van der Waals surface area contributed by atoms with E-state index in [1.165, 1.54) is 30.3 Å². The van der Waals surface area contributed by atoms with Gasteiger partial charge in [0, 0.05) is 12.1 Å². The third-order valence-corrected chi connectivity index (χ3v) is 3.76. The van der Waals surface area contributed by atoms with Crippen LogP contribution < -0.4 is 9.47 Å². The van der Waals surface area contributed by atoms with Crippen LogP contribution in [0.3, 0.4) is 0 Å². The Kier molecular flexibility index (Phi) is 5.49. The number of nitro groups is 1. The van der Waals surface area contributed by atoms with Crippen molar-refractivity contribution in [2.24, 2.45) is 0 Å². The van der Waals surface area contributed by atoms with E-state index >= 15 is 0 Å². The van der Waals surface area contributed by atoms with Gasteiger partial charge in [-0.15, -0.1) is 0 Å². The van der Waals surface area contributed by atoms with Crippen molar-refractivity contribution in [1.82, 2.24) is 0 Å². The van der Waals surface area contributed by atoms with Crippen LogP contribution in [0.5, 0.6) is 17.2 Å². The Morgan fingerprint density at radius 1 is 0.893 bits per heavy atom. The fraction of sp³-hybridized carbons (Fsp3) is 0.100. The van der Waals surface area contributed by atoms with Gasteiger partial charge in [0.25, 0.3) is 0 Å². The summed E-state index contributed by atoms with van der Waals surface area (Å²) in [6.45, 7) is 0.0920. The lowest BCUT2D eigenvalue weighted by atomic mass is 10.2. The molecule has 0 aromatic heterocycles. The molecular weight excluding hydrogens is 375 g/mol. The molecule has 0 aliphatic heterocycles. The molecule has 0 N–H and O–H groups in total. The van der Waals surface area contributed by atoms with E-state index in [2.05, 4.69) is 0 Å². The zero-order valence-corrected chi connectivity index (χ0v) is 14.3. The van der Waals surface area contributed by atoms with Crippen LogP contribution in [0, 0.1) is 10.1 Å². The number of nitrogens with zero attached hydrogens (tertiary/aromatic N) is 1. The van der Waals surface area contributed by atoms with Gasteiger partial charge >= 0.3 is 11.9 Å². The van der Waals surface area contributed by atoms with E-state index in [0.717, 1.165) is 17.7 Å². The Morgan fingerprint density at radius 3 is 2.29 bits per heavy atom. The molecule has 0 aliphatic rings. The summed E-state index contributed by atoms with van der Waals surface area (Å²) < 4.78 is 49.4. The lowest BCUT2D eigenvalue weighted by Gasteiger charge is -2.12. The van der Waals surface area contributed by atoms with Gasteiger partial charge < -0.3 is 9.47 Å². The molecule has 5 nitrogen and oxygen atoms in total. The summed E-state index contributed by atoms with van der Waals surface area (Å²) in [4.78, 5) is 10.6. The first kappa shape index (κ1) is 19.2. The molecule has 8 heteroatoms. The minimum absolute atomic E-state index is 0.0432. The van der Waals surface area contributed by atoms with Crippen LogP contribution >= 0.6 is 0 Å². The molecule has 0 saturated carbocycles. The standard InChI is InChI=1S/C20H14F3NO4/c21-20(22,23)15-7-4-8-16(11-15)28-17-9-10-18(24(25)26)19(12-17)27-13-14-5-2-1-3-6-14/h1-12H,13H2. The second-order valence-electron chi connectivity index (χ2n) is 5.79. The minimum atomic E-state index is -4.50. The van der Waals surface area contributed by atoms with Crippen LogP contribution in [0.25, 0.3) is 0 Å². The summed E-state index contributed by atoms with van der Waals surface area (Å²) in [7, 11) is 0. The zero-order chi connectivity index (χ0) is 20.1. The van der Waals surface area contributed by atoms with Crippen molar-refractivity contribution in [2.45, 2.75) is 12.8 Å². The highest BCUT2D eigenvalue weighted by atomic mass is 19.4. The van der Waals surface area contributed by atoms with Gasteiger partial charge in [0.15, 0.2) is 0 Å². The SMILES string of the molecule is O=[N+]([O-])c1ccc(Oc2cccc(C(F)(F)F)c2)cc1OCc1ccccc1. The van der Waals surface area contributed by atoms with E-state index < -0.39 is 16.7 Å². The van der Waals surface area contributed by atoms with Gasteiger partial charge in [-0.1, -0.05) is 36.4 Å². The minimum Gasteiger partial charge on any atom is -0.482 e. The predicted octanol–water partition coefficient (Wildman–Crippen LogP) is 5.98. The fourth-order valence-electron chi connectivity index (χ4n) is 2.43. The van der Waals surface area contributed by atoms with E-state index in [1.807, 2.05) is 6.07 Å². The second-order valence-corrected chi connectivity index (χ2v) is 5.79. The Bertz CT molecular complexity index is 975. The van der Waals surface area contributed by atoms with Crippen molar-refractivity contribution in [1.29, 1.82) is 0 Å². The first-order chi connectivity index (χ1) is 13.3. The maximum Gasteiger partial charge on any atom is 0.416 e. The number of nitro benzene ring substituents is 1. The van der Waals surface area contributed by atoms with Crippen molar-refractivity contribution >= 4 is 5.69 Å². The molecule has 0 amide bonds. The van der Waals surface area contributed by atoms with Crippen molar-refractivity contribution in [3.63, 3.8) is 0 Å². The average Bonchev–Trinajstić information content (AvgIpc) is 2.67. The molecule has 0 fully saturated rings. The molecule has 0 saturated heterocycles. The lowest BCUT2D eigenvalue weighted by molar-refractivity contribution is -0.386. The Labute approximate surface area is 158 Å². The number of hydrogen-bond donors (Lipinski definition) is 0. The number of halogens is 3. The number of hydrogen-bond acceptors (Lipinski definition) is 4. The van der Waals surface area contributed by atoms with Crippen LogP contribution in [-0.2, 0) is 12.8 Å². The van der Waals surface area contributed by atoms with Gasteiger partial charge in [-0.05, 0) is 29.8 Å². The fourth-order valence-corrected chi connectivity index (χ4v) is 2.43. The third-order valence-electron chi connectivity index (χ3n) is 3.76. The highest BCUT2D eigenvalue weighted by molar-refractivity contribution is 5.51. The maximum atomic E-state index is 12.8. The maximum absolute atomic E-state index is 12.8. The predicted molar refractivity (Wildman–Crippen MR) is 95.4 cm³/mol. The van der Waals surface area contributed by atoms with E-state index in [0.29, 0.717) is 0 Å². The molecule has 0 aliphatic carbocycles. The summed E-state index contributed by atoms with van der Waals surface area (Å²) in [5.41, 5.74) is -0.319. The molecule has 3 aromatic carbocycles. The first-order valence-electron chi connectivity index (χ1n) is 8.13. The Hall–Kier alpha value is -3.55.